The molecule has 0 bridgehead atoms. The van der Waals surface area contributed by atoms with Gasteiger partial charge in [-0.1, -0.05) is 18.2 Å². The third-order valence-electron chi connectivity index (χ3n) is 4.47. The maximum atomic E-state index is 12.7. The summed E-state index contributed by atoms with van der Waals surface area (Å²) in [6.07, 6.45) is 4.82. The molecule has 1 saturated heterocycles. The van der Waals surface area contributed by atoms with Crippen molar-refractivity contribution >= 4 is 10.9 Å². The van der Waals surface area contributed by atoms with Crippen molar-refractivity contribution in [1.82, 2.24) is 19.4 Å². The summed E-state index contributed by atoms with van der Waals surface area (Å²) in [6, 6.07) is 10.3. The quantitative estimate of drug-likeness (QED) is 0.786. The number of aryl methyl sites for hydroxylation is 1. The van der Waals surface area contributed by atoms with Crippen molar-refractivity contribution in [3.05, 3.63) is 53.1 Å². The van der Waals surface area contributed by atoms with Crippen molar-refractivity contribution in [2.24, 2.45) is 7.05 Å². The molecule has 1 N–H and O–H groups in total. The Morgan fingerprint density at radius 2 is 2.18 bits per heavy atom. The van der Waals surface area contributed by atoms with Gasteiger partial charge in [-0.05, 0) is 30.5 Å². The number of pyridine rings is 1. The van der Waals surface area contributed by atoms with Crippen LogP contribution in [0, 0.1) is 0 Å². The van der Waals surface area contributed by atoms with Crippen molar-refractivity contribution in [2.75, 3.05) is 13.1 Å². The Balaban J connectivity index is 1.94. The maximum Gasteiger partial charge on any atom is 0.261 e. The number of rotatable bonds is 2. The van der Waals surface area contributed by atoms with Gasteiger partial charge in [-0.2, -0.15) is 0 Å². The van der Waals surface area contributed by atoms with Crippen molar-refractivity contribution < 1.29 is 0 Å². The highest BCUT2D eigenvalue weighted by Crippen LogP contribution is 2.24. The monoisotopic (exact) mass is 294 g/mol. The van der Waals surface area contributed by atoms with Crippen LogP contribution in [0.3, 0.4) is 0 Å². The van der Waals surface area contributed by atoms with E-state index >= 15 is 0 Å². The fraction of sp³-hybridized carbons (Fsp3) is 0.294. The smallest absolute Gasteiger partial charge is 0.261 e. The number of nitrogens with zero attached hydrogens (tertiary/aromatic N) is 3. The molecule has 0 unspecified atom stereocenters. The van der Waals surface area contributed by atoms with E-state index < -0.39 is 0 Å². The van der Waals surface area contributed by atoms with Gasteiger partial charge in [-0.25, -0.2) is 4.98 Å². The molecule has 5 nitrogen and oxygen atoms in total. The molecule has 1 fully saturated rings. The summed E-state index contributed by atoms with van der Waals surface area (Å²) in [4.78, 5) is 17.2. The molecule has 0 aliphatic carbocycles. The van der Waals surface area contributed by atoms with Gasteiger partial charge in [-0.3, -0.25) is 4.79 Å². The molecule has 4 rings (SSSR count). The van der Waals surface area contributed by atoms with E-state index in [1.165, 1.54) is 0 Å². The summed E-state index contributed by atoms with van der Waals surface area (Å²) in [5.74, 6) is 0.764. The summed E-state index contributed by atoms with van der Waals surface area (Å²) in [7, 11) is 1.82. The summed E-state index contributed by atoms with van der Waals surface area (Å²) < 4.78 is 3.84. The lowest BCUT2D eigenvalue weighted by Gasteiger charge is -2.15. The molecule has 1 atom stereocenters. The molecule has 1 aliphatic rings. The van der Waals surface area contributed by atoms with Crippen LogP contribution in [0.25, 0.3) is 22.3 Å². The van der Waals surface area contributed by atoms with Crippen LogP contribution in [0.4, 0.5) is 0 Å². The standard InChI is InChI=1S/C17H18N4O/c1-20-15-5-3-2-4-12(15)10-14(17(20)22)16-19-8-9-21(16)13-6-7-18-11-13/h2-5,8-10,13,18H,6-7,11H2,1H3/t13-/m0/s1. The zero-order chi connectivity index (χ0) is 15.1. The molecule has 2 aromatic heterocycles. The second kappa shape index (κ2) is 5.10. The molecule has 3 aromatic rings. The van der Waals surface area contributed by atoms with Gasteiger partial charge >= 0.3 is 0 Å². The second-order valence-electron chi connectivity index (χ2n) is 5.79. The van der Waals surface area contributed by atoms with Crippen molar-refractivity contribution in [2.45, 2.75) is 12.5 Å². The lowest BCUT2D eigenvalue weighted by atomic mass is 10.1. The molecule has 1 aromatic carbocycles. The van der Waals surface area contributed by atoms with Gasteiger partial charge in [0.1, 0.15) is 5.82 Å². The van der Waals surface area contributed by atoms with Crippen LogP contribution in [0.5, 0.6) is 0 Å². The summed E-state index contributed by atoms with van der Waals surface area (Å²) in [6.45, 7) is 1.94. The molecule has 22 heavy (non-hydrogen) atoms. The fourth-order valence-electron chi connectivity index (χ4n) is 3.28. The zero-order valence-electron chi connectivity index (χ0n) is 12.5. The molecular weight excluding hydrogens is 276 g/mol. The molecule has 0 amide bonds. The Morgan fingerprint density at radius 1 is 1.32 bits per heavy atom. The van der Waals surface area contributed by atoms with Crippen LogP contribution in [-0.2, 0) is 7.05 Å². The number of imidazole rings is 1. The molecule has 5 heteroatoms. The zero-order valence-corrected chi connectivity index (χ0v) is 12.5. The number of hydrogen-bond acceptors (Lipinski definition) is 3. The average Bonchev–Trinajstić information content (AvgIpc) is 3.21. The molecule has 0 spiro atoms. The Kier molecular flexibility index (Phi) is 3.08. The van der Waals surface area contributed by atoms with E-state index in [1.807, 2.05) is 43.6 Å². The van der Waals surface area contributed by atoms with Gasteiger partial charge in [-0.15, -0.1) is 0 Å². The van der Waals surface area contributed by atoms with Gasteiger partial charge in [0.25, 0.3) is 5.56 Å². The minimum atomic E-state index is -0.00268. The number of aromatic nitrogens is 3. The van der Waals surface area contributed by atoms with E-state index in [9.17, 15) is 4.79 Å². The Labute approximate surface area is 128 Å². The van der Waals surface area contributed by atoms with Gasteiger partial charge in [0.2, 0.25) is 0 Å². The minimum absolute atomic E-state index is 0.00268. The predicted molar refractivity (Wildman–Crippen MR) is 86.9 cm³/mol. The molecule has 112 valence electrons. The largest absolute Gasteiger partial charge is 0.326 e. The summed E-state index contributed by atoms with van der Waals surface area (Å²) in [5.41, 5.74) is 1.60. The van der Waals surface area contributed by atoms with E-state index in [-0.39, 0.29) is 5.56 Å². The number of para-hydroxylation sites is 1. The molecule has 0 radical (unpaired) electrons. The number of hydrogen-bond donors (Lipinski definition) is 1. The highest BCUT2D eigenvalue weighted by atomic mass is 16.1. The third kappa shape index (κ3) is 1.97. The first-order valence-corrected chi connectivity index (χ1v) is 7.58. The minimum Gasteiger partial charge on any atom is -0.326 e. The van der Waals surface area contributed by atoms with Crippen LogP contribution >= 0.6 is 0 Å². The molecular formula is C17H18N4O. The first-order chi connectivity index (χ1) is 10.8. The van der Waals surface area contributed by atoms with Gasteiger partial charge in [0.05, 0.1) is 11.1 Å². The van der Waals surface area contributed by atoms with E-state index in [2.05, 4.69) is 14.9 Å². The lowest BCUT2D eigenvalue weighted by Crippen LogP contribution is -2.21. The summed E-state index contributed by atoms with van der Waals surface area (Å²) >= 11 is 0. The highest BCUT2D eigenvalue weighted by molar-refractivity contribution is 5.83. The van der Waals surface area contributed by atoms with E-state index in [0.717, 1.165) is 36.2 Å². The van der Waals surface area contributed by atoms with Gasteiger partial charge in [0, 0.05) is 32.0 Å². The van der Waals surface area contributed by atoms with Crippen molar-refractivity contribution in [3.8, 4) is 11.4 Å². The third-order valence-corrected chi connectivity index (χ3v) is 4.47. The highest BCUT2D eigenvalue weighted by Gasteiger charge is 2.21. The van der Waals surface area contributed by atoms with Crippen molar-refractivity contribution in [3.63, 3.8) is 0 Å². The topological polar surface area (TPSA) is 51.9 Å². The van der Waals surface area contributed by atoms with Gasteiger partial charge < -0.3 is 14.5 Å². The first-order valence-electron chi connectivity index (χ1n) is 7.58. The predicted octanol–water partition coefficient (Wildman–Crippen LogP) is 1.94. The lowest BCUT2D eigenvalue weighted by molar-refractivity contribution is 0.552. The SMILES string of the molecule is Cn1c(=O)c(-c2nccn2[C@H]2CCNC2)cc2ccccc21. The Hall–Kier alpha value is -2.40. The van der Waals surface area contributed by atoms with Crippen LogP contribution in [0.15, 0.2) is 47.5 Å². The van der Waals surface area contributed by atoms with Crippen LogP contribution < -0.4 is 10.9 Å². The van der Waals surface area contributed by atoms with Crippen LogP contribution in [0.2, 0.25) is 0 Å². The maximum absolute atomic E-state index is 12.7. The van der Waals surface area contributed by atoms with Crippen LogP contribution in [0.1, 0.15) is 12.5 Å². The number of benzene rings is 1. The fourth-order valence-corrected chi connectivity index (χ4v) is 3.28. The van der Waals surface area contributed by atoms with E-state index in [0.29, 0.717) is 11.6 Å². The van der Waals surface area contributed by atoms with E-state index in [1.54, 1.807) is 10.8 Å². The van der Waals surface area contributed by atoms with Gasteiger partial charge in [0.15, 0.2) is 0 Å². The number of fused-ring (bicyclic) bond motifs is 1. The number of nitrogens with one attached hydrogen (secondary N) is 1. The second-order valence-corrected chi connectivity index (χ2v) is 5.79. The Bertz CT molecular complexity index is 887. The van der Waals surface area contributed by atoms with Crippen molar-refractivity contribution in [1.29, 1.82) is 0 Å². The Morgan fingerprint density at radius 3 is 3.00 bits per heavy atom. The van der Waals surface area contributed by atoms with E-state index in [4.69, 9.17) is 0 Å². The summed E-state index contributed by atoms with van der Waals surface area (Å²) in [5, 5.41) is 4.42. The first kappa shape index (κ1) is 13.3. The van der Waals surface area contributed by atoms with Crippen LogP contribution in [-0.4, -0.2) is 27.2 Å². The molecule has 0 saturated carbocycles. The molecule has 3 heterocycles. The average molecular weight is 294 g/mol. The molecule has 1 aliphatic heterocycles. The normalized spacial score (nSPS) is 18.1.